The van der Waals surface area contributed by atoms with Gasteiger partial charge in [0.1, 0.15) is 0 Å². The van der Waals surface area contributed by atoms with E-state index >= 15 is 0 Å². The molecule has 4 aromatic carbocycles. The lowest BCUT2D eigenvalue weighted by Crippen LogP contribution is -2.12. The number of nitrogens with zero attached hydrogens (tertiary/aromatic N) is 6. The van der Waals surface area contributed by atoms with Gasteiger partial charge < -0.3 is 0 Å². The van der Waals surface area contributed by atoms with Crippen molar-refractivity contribution in [2.24, 2.45) is 20.0 Å². The molecule has 6 nitrogen and oxygen atoms in total. The lowest BCUT2D eigenvalue weighted by atomic mass is 9.99. The zero-order valence-corrected chi connectivity index (χ0v) is 25.1. The summed E-state index contributed by atoms with van der Waals surface area (Å²) in [5.41, 5.74) is 7.33. The fourth-order valence-electron chi connectivity index (χ4n) is 5.29. The maximum Gasteiger partial charge on any atom is 0.154 e. The zero-order chi connectivity index (χ0) is 31.0. The molecule has 1 aliphatic rings. The maximum atomic E-state index is 5.11. The monoisotopic (exact) mass is 594 g/mol. The van der Waals surface area contributed by atoms with Crippen molar-refractivity contribution in [2.45, 2.75) is 12.8 Å². The topological polar surface area (TPSA) is 75.2 Å². The van der Waals surface area contributed by atoms with Crippen molar-refractivity contribution in [1.29, 1.82) is 0 Å². The molecule has 3 heterocycles. The SMILES string of the molecule is c1ccc(C2=Nc3cccc(n3)/N=C(/c3ccccc3)C/C(c3ccccc3)=N\c3cccc(n3)N=C(c3ccccc3)C2)cc1. The number of benzene rings is 4. The van der Waals surface area contributed by atoms with E-state index in [0.717, 1.165) is 45.1 Å². The minimum absolute atomic E-state index is 0.461. The minimum atomic E-state index is 0.461. The number of rotatable bonds is 4. The van der Waals surface area contributed by atoms with E-state index < -0.39 is 0 Å². The first-order chi connectivity index (χ1) is 22.8. The van der Waals surface area contributed by atoms with E-state index in [9.17, 15) is 0 Å². The van der Waals surface area contributed by atoms with Gasteiger partial charge >= 0.3 is 0 Å². The van der Waals surface area contributed by atoms with Gasteiger partial charge in [0.2, 0.25) is 0 Å². The summed E-state index contributed by atoms with van der Waals surface area (Å²) in [7, 11) is 0. The van der Waals surface area contributed by atoms with Crippen LogP contribution in [0.25, 0.3) is 0 Å². The van der Waals surface area contributed by atoms with Gasteiger partial charge in [0, 0.05) is 12.8 Å². The Morgan fingerprint density at radius 2 is 0.500 bits per heavy atom. The normalized spacial score (nSPS) is 15.8. The quantitative estimate of drug-likeness (QED) is 0.204. The lowest BCUT2D eigenvalue weighted by molar-refractivity contribution is 1.21. The van der Waals surface area contributed by atoms with E-state index in [4.69, 9.17) is 29.9 Å². The van der Waals surface area contributed by atoms with Gasteiger partial charge in [0.25, 0.3) is 0 Å². The van der Waals surface area contributed by atoms with Gasteiger partial charge in [-0.05, 0) is 46.5 Å². The summed E-state index contributed by atoms with van der Waals surface area (Å²) >= 11 is 0. The molecule has 0 N–H and O–H groups in total. The average molecular weight is 595 g/mol. The Balaban J connectivity index is 1.46. The number of aliphatic imine (C=N–C) groups is 4. The molecule has 0 unspecified atom stereocenters. The number of hydrogen-bond donors (Lipinski definition) is 0. The van der Waals surface area contributed by atoms with E-state index in [1.807, 2.05) is 109 Å². The second kappa shape index (κ2) is 13.7. The van der Waals surface area contributed by atoms with E-state index in [2.05, 4.69) is 48.5 Å². The summed E-state index contributed by atoms with van der Waals surface area (Å²) in [6.45, 7) is 0. The third-order valence-corrected chi connectivity index (χ3v) is 7.54. The summed E-state index contributed by atoms with van der Waals surface area (Å²) in [5, 5.41) is 0. The number of hydrogen-bond acceptors (Lipinski definition) is 6. The smallest absolute Gasteiger partial charge is 0.154 e. The fraction of sp³-hybridized carbons (Fsp3) is 0.0500. The summed E-state index contributed by atoms with van der Waals surface area (Å²) in [4.78, 5) is 30.2. The average Bonchev–Trinajstić information content (AvgIpc) is 3.12. The summed E-state index contributed by atoms with van der Waals surface area (Å²) < 4.78 is 0. The molecule has 0 amide bonds. The van der Waals surface area contributed by atoms with E-state index in [0.29, 0.717) is 36.1 Å². The van der Waals surface area contributed by atoms with E-state index in [-0.39, 0.29) is 0 Å². The Labute approximate surface area is 268 Å². The molecule has 46 heavy (non-hydrogen) atoms. The molecular formula is C40H30N6. The third-order valence-electron chi connectivity index (χ3n) is 7.54. The van der Waals surface area contributed by atoms with Crippen molar-refractivity contribution < 1.29 is 0 Å². The Kier molecular flexibility index (Phi) is 8.50. The van der Waals surface area contributed by atoms with Gasteiger partial charge in [-0.15, -0.1) is 0 Å². The molecule has 6 heteroatoms. The minimum Gasteiger partial charge on any atom is -0.233 e. The molecule has 0 aliphatic carbocycles. The summed E-state index contributed by atoms with van der Waals surface area (Å²) in [6, 6.07) is 52.2. The van der Waals surface area contributed by atoms with Gasteiger partial charge in [-0.1, -0.05) is 133 Å². The van der Waals surface area contributed by atoms with Gasteiger partial charge in [0.15, 0.2) is 23.3 Å². The predicted molar refractivity (Wildman–Crippen MR) is 188 cm³/mol. The van der Waals surface area contributed by atoms with Gasteiger partial charge in [-0.3, -0.25) is 0 Å². The Bertz CT molecular complexity index is 1770. The summed E-state index contributed by atoms with van der Waals surface area (Å²) in [5.74, 6) is 2.29. The van der Waals surface area contributed by atoms with Crippen molar-refractivity contribution in [3.63, 3.8) is 0 Å². The number of pyridine rings is 2. The Morgan fingerprint density at radius 3 is 0.739 bits per heavy atom. The van der Waals surface area contributed by atoms with Gasteiger partial charge in [-0.25, -0.2) is 29.9 Å². The molecular weight excluding hydrogens is 564 g/mol. The molecule has 0 spiro atoms. The highest BCUT2D eigenvalue weighted by atomic mass is 15.0. The maximum absolute atomic E-state index is 5.11. The number of aromatic nitrogens is 2. The second-order valence-electron chi connectivity index (χ2n) is 10.8. The molecule has 0 fully saturated rings. The first-order valence-corrected chi connectivity index (χ1v) is 15.2. The molecule has 4 bridgehead atoms. The van der Waals surface area contributed by atoms with Crippen LogP contribution in [0.15, 0.2) is 178 Å². The van der Waals surface area contributed by atoms with E-state index in [1.165, 1.54) is 0 Å². The first-order valence-electron chi connectivity index (χ1n) is 15.2. The molecule has 2 aromatic heterocycles. The molecule has 7 rings (SSSR count). The lowest BCUT2D eigenvalue weighted by Gasteiger charge is -2.13. The molecule has 0 saturated carbocycles. The van der Waals surface area contributed by atoms with Crippen LogP contribution >= 0.6 is 0 Å². The zero-order valence-electron chi connectivity index (χ0n) is 25.1. The predicted octanol–water partition coefficient (Wildman–Crippen LogP) is 9.45. The van der Waals surface area contributed by atoms with Crippen LogP contribution in [0.1, 0.15) is 35.1 Å². The fourth-order valence-corrected chi connectivity index (χ4v) is 5.29. The van der Waals surface area contributed by atoms with Crippen LogP contribution in [0, 0.1) is 0 Å². The summed E-state index contributed by atoms with van der Waals surface area (Å²) in [6.07, 6.45) is 0.922. The molecule has 6 aromatic rings. The second-order valence-corrected chi connectivity index (χ2v) is 10.8. The van der Waals surface area contributed by atoms with Crippen LogP contribution in [0.4, 0.5) is 23.3 Å². The van der Waals surface area contributed by atoms with Crippen molar-refractivity contribution in [3.05, 3.63) is 180 Å². The largest absolute Gasteiger partial charge is 0.233 e. The first kappa shape index (κ1) is 28.6. The van der Waals surface area contributed by atoms with Crippen LogP contribution in [0.3, 0.4) is 0 Å². The van der Waals surface area contributed by atoms with Crippen LogP contribution in [0.2, 0.25) is 0 Å². The Hall–Kier alpha value is -6.14. The van der Waals surface area contributed by atoms with Crippen LogP contribution in [-0.4, -0.2) is 32.8 Å². The van der Waals surface area contributed by atoms with E-state index in [1.54, 1.807) is 0 Å². The molecule has 0 radical (unpaired) electrons. The highest BCUT2D eigenvalue weighted by Crippen LogP contribution is 2.25. The molecule has 0 atom stereocenters. The van der Waals surface area contributed by atoms with Crippen LogP contribution in [-0.2, 0) is 0 Å². The van der Waals surface area contributed by atoms with Crippen molar-refractivity contribution in [1.82, 2.24) is 9.97 Å². The standard InChI is InChI=1S/C40H30N6/c1-5-15-29(16-6-1)33-27-34(30-17-7-2-8-18-30)42-38-25-14-26-40(46-38)44-36(32-21-11-4-12-22-32)28-35(31-19-9-3-10-20-31)43-39-24-13-23-37(41-33)45-39/h1-26H,27-28H2/b41-33+,42-34+,43-35?,44-36?. The van der Waals surface area contributed by atoms with Crippen LogP contribution in [0.5, 0.6) is 0 Å². The molecule has 0 saturated heterocycles. The van der Waals surface area contributed by atoms with Crippen molar-refractivity contribution in [3.8, 4) is 0 Å². The molecule has 220 valence electrons. The number of fused-ring (bicyclic) bond motifs is 4. The molecule has 1 aliphatic heterocycles. The highest BCUT2D eigenvalue weighted by Gasteiger charge is 2.15. The Morgan fingerprint density at radius 1 is 0.261 bits per heavy atom. The third kappa shape index (κ3) is 6.98. The van der Waals surface area contributed by atoms with Gasteiger partial charge in [-0.2, -0.15) is 0 Å². The highest BCUT2D eigenvalue weighted by molar-refractivity contribution is 6.20. The van der Waals surface area contributed by atoms with Crippen molar-refractivity contribution >= 4 is 46.1 Å². The van der Waals surface area contributed by atoms with Crippen LogP contribution < -0.4 is 0 Å². The van der Waals surface area contributed by atoms with Gasteiger partial charge in [0.05, 0.1) is 22.8 Å². The van der Waals surface area contributed by atoms with Crippen molar-refractivity contribution in [2.75, 3.05) is 0 Å².